The molecule has 80 heavy (non-hydrogen) atoms. The first-order chi connectivity index (χ1) is 55.9. The van der Waals surface area contributed by atoms with Gasteiger partial charge in [0.05, 0.1) is 67.0 Å². The largest absolute Gasteiger partial charge is 0.497 e. The highest BCUT2D eigenvalue weighted by atomic mass is 16.5. The van der Waals surface area contributed by atoms with Gasteiger partial charge in [-0.25, -0.2) is 0 Å². The molecule has 0 spiro atoms. The lowest BCUT2D eigenvalue weighted by atomic mass is 9.72. The molecule has 8 rings (SSSR count). The van der Waals surface area contributed by atoms with Crippen LogP contribution in [-0.4, -0.2) is 173 Å². The second-order valence-electron chi connectivity index (χ2n) is 20.4. The highest BCUT2D eigenvalue weighted by Gasteiger charge is 2.42. The van der Waals surface area contributed by atoms with Gasteiger partial charge in [-0.1, -0.05) is 125 Å². The van der Waals surface area contributed by atoms with Crippen molar-refractivity contribution in [1.29, 1.82) is 0 Å². The topological polar surface area (TPSA) is 131 Å². The maximum atomic E-state index is 11.9. The van der Waals surface area contributed by atoms with Crippen LogP contribution in [-0.2, 0) is 0 Å². The lowest BCUT2D eigenvalue weighted by Crippen LogP contribution is -2.42. The number of nitrogens with zero attached hydrogens (tertiary/aromatic N) is 4. The minimum absolute atomic E-state index is 0.0135. The van der Waals surface area contributed by atoms with Crippen molar-refractivity contribution in [3.63, 3.8) is 0 Å². The molecule has 4 N–H and O–H groups in total. The molecule has 0 radical (unpaired) electrons. The Morgan fingerprint density at radius 3 is 0.950 bits per heavy atom. The minimum atomic E-state index is -4.35. The zero-order valence-corrected chi connectivity index (χ0v) is 45.5. The van der Waals surface area contributed by atoms with E-state index in [2.05, 4.69) is 9.64 Å². The molecule has 4 saturated carbocycles. The Hall–Kier alpha value is -4.24. The zero-order chi connectivity index (χ0) is 98.1. The number of aliphatic hydroxyl groups is 4. The fourth-order valence-electron chi connectivity index (χ4n) is 9.95. The fourth-order valence-corrected chi connectivity index (χ4v) is 9.95. The lowest BCUT2D eigenvalue weighted by Gasteiger charge is -2.40. The third kappa shape index (κ3) is 20.0. The quantitative estimate of drug-likeness (QED) is 0.0672. The summed E-state index contributed by atoms with van der Waals surface area (Å²) in [7, 11) is -4.00. The number of benzene rings is 4. The molecular weight excluding hydrogens is 1000 g/mol. The summed E-state index contributed by atoms with van der Waals surface area (Å²) in [5.41, 5.74) is -9.62. The van der Waals surface area contributed by atoms with Gasteiger partial charge >= 0.3 is 0 Å². The summed E-state index contributed by atoms with van der Waals surface area (Å²) in [5.74, 6) is -7.36. The van der Waals surface area contributed by atoms with E-state index in [1.54, 1.807) is 24.3 Å². The molecule has 4 unspecified atom stereocenters. The van der Waals surface area contributed by atoms with Crippen LogP contribution < -0.4 is 18.9 Å². The van der Waals surface area contributed by atoms with Gasteiger partial charge in [0.2, 0.25) is 0 Å². The molecule has 4 fully saturated rings. The minimum Gasteiger partial charge on any atom is -0.497 e. The van der Waals surface area contributed by atoms with Crippen LogP contribution in [0.15, 0.2) is 97.1 Å². The van der Waals surface area contributed by atoms with E-state index in [0.717, 1.165) is 106 Å². The number of methoxy groups -OCH3 is 4. The first kappa shape index (κ1) is 26.8. The van der Waals surface area contributed by atoms with E-state index in [1.165, 1.54) is 37.5 Å². The molecule has 0 saturated heterocycles. The van der Waals surface area contributed by atoms with Crippen LogP contribution in [0.2, 0.25) is 0 Å². The van der Waals surface area contributed by atoms with Crippen LogP contribution >= 0.6 is 0 Å². The van der Waals surface area contributed by atoms with Gasteiger partial charge in [0.15, 0.2) is 0 Å². The Morgan fingerprint density at radius 2 is 0.662 bits per heavy atom. The van der Waals surface area contributed by atoms with Crippen LogP contribution in [0.5, 0.6) is 23.0 Å². The zero-order valence-electron chi connectivity index (χ0n) is 91.5. The number of ether oxygens (including phenoxy) is 4. The third-order valence-corrected chi connectivity index (χ3v) is 14.0. The van der Waals surface area contributed by atoms with Crippen molar-refractivity contribution in [2.75, 3.05) is 110 Å². The highest BCUT2D eigenvalue weighted by Crippen LogP contribution is 2.44. The van der Waals surface area contributed by atoms with Gasteiger partial charge in [-0.2, -0.15) is 0 Å². The second kappa shape index (κ2) is 32.6. The summed E-state index contributed by atoms with van der Waals surface area (Å²) in [6.07, 6.45) is -31.4. The Kier molecular flexibility index (Phi) is 10.9. The van der Waals surface area contributed by atoms with Gasteiger partial charge in [0.25, 0.3) is 0 Å². The van der Waals surface area contributed by atoms with E-state index in [4.69, 9.17) is 75.9 Å². The first-order valence-corrected chi connectivity index (χ1v) is 25.9. The molecule has 0 amide bonds. The molecule has 4 aliphatic rings. The Labute approximate surface area is 549 Å². The van der Waals surface area contributed by atoms with E-state index in [1.807, 2.05) is 26.2 Å². The molecule has 4 atom stereocenters. The van der Waals surface area contributed by atoms with Crippen molar-refractivity contribution in [1.82, 2.24) is 19.6 Å². The van der Waals surface area contributed by atoms with E-state index in [-0.39, 0.29) is 34.4 Å². The SMILES string of the molecule is [2H]C([2H])([2H])Oc1ccc(C(CN(C([2H])([2H])[2H])C([2H])([2H])[2H])C2(O)CCCCC2)cc1.[2H]C([2H])([2H])Oc1ccc(C(CN(C)C)C2(O)CCCCC2)cc1.[2H]C([2H])([2H])Oc1ccc(C([2H])(CN(C([2H])([2H])[2H])C([2H])([2H])[2H])C2(O)C([2H])([2H])C([2H])([2H])C([2H])([2H])C([2H])([2H])C2([2H])[2H])cc1.[2H]C([2H])([2H])Oc1ccc(C([2H])(CN(C)C)C2(O)C([2H])([2H])C([2H])([2H])C([2H])([2H])C([2H])([2H])C2([2H])[2H])cc1. The summed E-state index contributed by atoms with van der Waals surface area (Å²) in [6, 6.07) is 20.5. The molecular formula is C68H108N4O8. The summed E-state index contributed by atoms with van der Waals surface area (Å²) in [5, 5.41) is 46.2. The Morgan fingerprint density at radius 1 is 0.388 bits per heavy atom. The molecule has 4 aliphatic carbocycles. The lowest BCUT2D eigenvalue weighted by molar-refractivity contribution is -0.0280. The van der Waals surface area contributed by atoms with Gasteiger partial charge in [-0.15, -0.1) is 0 Å². The van der Waals surface area contributed by atoms with Gasteiger partial charge in [0.1, 0.15) is 23.0 Å². The second-order valence-corrected chi connectivity index (χ2v) is 20.4. The van der Waals surface area contributed by atoms with Gasteiger partial charge in [-0.3, -0.25) is 0 Å². The van der Waals surface area contributed by atoms with Crippen molar-refractivity contribution in [2.24, 2.45) is 0 Å². The number of hydrogen-bond donors (Lipinski definition) is 4. The number of likely N-dealkylation sites (N-methyl/N-ethyl adjacent to an activating group) is 4. The Bertz CT molecular complexity index is 4120. The normalized spacial score (nSPS) is 36.7. The van der Waals surface area contributed by atoms with E-state index in [0.29, 0.717) is 29.1 Å². The molecule has 0 heterocycles. The smallest absolute Gasteiger partial charge is 0.118 e. The summed E-state index contributed by atoms with van der Waals surface area (Å²) in [4.78, 5) is 3.48. The number of rotatable bonds is 20. The predicted molar refractivity (Wildman–Crippen MR) is 329 cm³/mol. The average Bonchev–Trinajstić information content (AvgIpc) is 0.652. The maximum absolute atomic E-state index is 11.9. The standard InChI is InChI=1S/4C17H27NO2/c4*1-18(2)13-16(17(19)11-5-4-6-12-17)14-7-9-15(20-3)10-8-14/h4*7-10,16,19H,4-6,11-13H2,1-3H3/i1D3,2D3,3D3,4D2,5D2,6D2,11D2,12D2,16D;3D3,4D2,5D2,6D2,11D2,12D2,16D;1D3,2D3,3D3;3D3. The summed E-state index contributed by atoms with van der Waals surface area (Å²) in [6.45, 7) is -15.0. The van der Waals surface area contributed by atoms with E-state index < -0.39 is 184 Å². The first-order valence-electron chi connectivity index (χ1n) is 48.9. The monoisotopic (exact) mass is 1160 g/mol. The molecule has 4 aromatic rings. The third-order valence-electron chi connectivity index (χ3n) is 14.0. The van der Waals surface area contributed by atoms with Crippen LogP contribution in [0.25, 0.3) is 0 Å². The fraction of sp³-hybridized carbons (Fsp3) is 0.647. The van der Waals surface area contributed by atoms with Crippen molar-refractivity contribution in [2.45, 2.75) is 174 Å². The molecule has 0 aromatic heterocycles. The molecule has 448 valence electrons. The van der Waals surface area contributed by atoms with Crippen molar-refractivity contribution >= 4 is 0 Å². The molecule has 0 aliphatic heterocycles. The van der Waals surface area contributed by atoms with Crippen LogP contribution in [0.1, 0.15) is 237 Å². The molecule has 4 aromatic carbocycles. The molecule has 0 bridgehead atoms. The highest BCUT2D eigenvalue weighted by molar-refractivity contribution is 5.35. The van der Waals surface area contributed by atoms with Gasteiger partial charge in [-0.05, 0) is 178 Å². The van der Waals surface area contributed by atoms with Crippen LogP contribution in [0.3, 0.4) is 0 Å². The maximum Gasteiger partial charge on any atom is 0.118 e. The summed E-state index contributed by atoms with van der Waals surface area (Å²) < 4.78 is 380. The number of hydrogen-bond acceptors (Lipinski definition) is 12. The van der Waals surface area contributed by atoms with E-state index >= 15 is 0 Å². The Balaban J connectivity index is 0.000000303. The summed E-state index contributed by atoms with van der Waals surface area (Å²) >= 11 is 0. The van der Waals surface area contributed by atoms with Crippen LogP contribution in [0, 0.1) is 0 Å². The average molecular weight is 1160 g/mol. The van der Waals surface area contributed by atoms with Gasteiger partial charge in [0, 0.05) is 96.4 Å². The van der Waals surface area contributed by atoms with Crippen molar-refractivity contribution in [3.8, 4) is 23.0 Å². The van der Waals surface area contributed by atoms with Crippen molar-refractivity contribution in [3.05, 3.63) is 119 Å². The van der Waals surface area contributed by atoms with E-state index in [9.17, 15) is 21.8 Å². The van der Waals surface area contributed by atoms with Gasteiger partial charge < -0.3 is 59.0 Å². The van der Waals surface area contributed by atoms with Crippen molar-refractivity contribution < 1.29 is 102 Å². The predicted octanol–water partition coefficient (Wildman–Crippen LogP) is 12.1. The molecule has 12 heteroatoms. The molecule has 12 nitrogen and oxygen atoms in total. The van der Waals surface area contributed by atoms with Crippen LogP contribution in [0.4, 0.5) is 0 Å².